The Morgan fingerprint density at radius 1 is 1.08 bits per heavy atom. The fourth-order valence-electron chi connectivity index (χ4n) is 0.892. The molecule has 0 bridgehead atoms. The van der Waals surface area contributed by atoms with E-state index < -0.39 is 23.0 Å². The van der Waals surface area contributed by atoms with Gasteiger partial charge in [-0.1, -0.05) is 0 Å². The Labute approximate surface area is 74.5 Å². The third-order valence-electron chi connectivity index (χ3n) is 1.48. The first-order chi connectivity index (χ1) is 6.07. The van der Waals surface area contributed by atoms with E-state index in [1.807, 2.05) is 0 Å². The number of hydrogen-bond donors (Lipinski definition) is 4. The molecule has 0 aromatic heterocycles. The maximum absolute atomic E-state index is 9.19. The molecule has 0 aliphatic heterocycles. The molecule has 1 aromatic carbocycles. The first-order valence-corrected chi connectivity index (χ1v) is 3.67. The van der Waals surface area contributed by atoms with Crippen molar-refractivity contribution in [2.75, 3.05) is 6.61 Å². The van der Waals surface area contributed by atoms with Crippen LogP contribution >= 0.6 is 0 Å². The number of benzene rings is 1. The summed E-state index contributed by atoms with van der Waals surface area (Å²) in [5, 5.41) is 36.4. The van der Waals surface area contributed by atoms with Crippen molar-refractivity contribution >= 4 is 0 Å². The number of rotatable bonds is 2. The Kier molecular flexibility index (Phi) is 2.36. The van der Waals surface area contributed by atoms with Crippen molar-refractivity contribution < 1.29 is 25.2 Å². The first kappa shape index (κ1) is 9.31. The van der Waals surface area contributed by atoms with Gasteiger partial charge in [0.15, 0.2) is 11.5 Å². The van der Waals surface area contributed by atoms with Crippen molar-refractivity contribution in [1.82, 2.24) is 0 Å². The van der Waals surface area contributed by atoms with Gasteiger partial charge in [-0.05, 0) is 6.92 Å². The topological polar surface area (TPSA) is 90.2 Å². The predicted molar refractivity (Wildman–Crippen MR) is 44.3 cm³/mol. The summed E-state index contributed by atoms with van der Waals surface area (Å²) in [6, 6.07) is 0.827. The van der Waals surface area contributed by atoms with Gasteiger partial charge < -0.3 is 25.2 Å². The minimum Gasteiger partial charge on any atom is -0.504 e. The third kappa shape index (κ3) is 1.53. The molecule has 0 fully saturated rings. The van der Waals surface area contributed by atoms with Gasteiger partial charge in [0.1, 0.15) is 0 Å². The summed E-state index contributed by atoms with van der Waals surface area (Å²) in [5.74, 6) is -2.58. The molecule has 0 aliphatic rings. The SMILES string of the molecule is CCOc1c(O)c(O)cc(O)c1O. The summed E-state index contributed by atoms with van der Waals surface area (Å²) >= 11 is 0. The average Bonchev–Trinajstić information content (AvgIpc) is 2.09. The average molecular weight is 186 g/mol. The van der Waals surface area contributed by atoms with Crippen LogP contribution in [0.2, 0.25) is 0 Å². The Morgan fingerprint density at radius 2 is 1.54 bits per heavy atom. The van der Waals surface area contributed by atoms with Crippen LogP contribution in [-0.2, 0) is 0 Å². The minimum atomic E-state index is -0.586. The number of hydrogen-bond acceptors (Lipinski definition) is 5. The number of ether oxygens (including phenoxy) is 1. The molecule has 0 aliphatic carbocycles. The molecule has 0 spiro atoms. The largest absolute Gasteiger partial charge is 0.504 e. The van der Waals surface area contributed by atoms with Crippen LogP contribution in [0.1, 0.15) is 6.92 Å². The molecule has 5 heteroatoms. The van der Waals surface area contributed by atoms with Crippen molar-refractivity contribution in [1.29, 1.82) is 0 Å². The van der Waals surface area contributed by atoms with E-state index in [1.165, 1.54) is 0 Å². The maximum Gasteiger partial charge on any atom is 0.211 e. The Bertz CT molecular complexity index is 295. The van der Waals surface area contributed by atoms with Gasteiger partial charge in [-0.3, -0.25) is 0 Å². The fraction of sp³-hybridized carbons (Fsp3) is 0.250. The zero-order chi connectivity index (χ0) is 10.0. The lowest BCUT2D eigenvalue weighted by Gasteiger charge is -2.09. The zero-order valence-corrected chi connectivity index (χ0v) is 6.98. The Morgan fingerprint density at radius 3 is 1.92 bits per heavy atom. The lowest BCUT2D eigenvalue weighted by atomic mass is 10.2. The molecule has 1 aromatic rings. The van der Waals surface area contributed by atoms with Crippen molar-refractivity contribution in [3.63, 3.8) is 0 Å². The highest BCUT2D eigenvalue weighted by Gasteiger charge is 2.17. The highest BCUT2D eigenvalue weighted by molar-refractivity contribution is 5.63. The maximum atomic E-state index is 9.19. The smallest absolute Gasteiger partial charge is 0.211 e. The monoisotopic (exact) mass is 186 g/mol. The lowest BCUT2D eigenvalue weighted by molar-refractivity contribution is 0.282. The zero-order valence-electron chi connectivity index (χ0n) is 6.98. The van der Waals surface area contributed by atoms with Crippen LogP contribution in [0.25, 0.3) is 0 Å². The molecule has 0 saturated heterocycles. The molecule has 13 heavy (non-hydrogen) atoms. The van der Waals surface area contributed by atoms with Crippen LogP contribution in [0.3, 0.4) is 0 Å². The number of phenolic OH excluding ortho intramolecular Hbond substituents is 4. The van der Waals surface area contributed by atoms with Crippen LogP contribution in [-0.4, -0.2) is 27.0 Å². The van der Waals surface area contributed by atoms with Gasteiger partial charge in [-0.2, -0.15) is 0 Å². The van der Waals surface area contributed by atoms with E-state index in [1.54, 1.807) is 6.92 Å². The fourth-order valence-corrected chi connectivity index (χ4v) is 0.892. The summed E-state index contributed by atoms with van der Waals surface area (Å²) in [6.45, 7) is 1.84. The van der Waals surface area contributed by atoms with E-state index in [2.05, 4.69) is 0 Å². The van der Waals surface area contributed by atoms with E-state index in [-0.39, 0.29) is 12.4 Å². The summed E-state index contributed by atoms with van der Waals surface area (Å²) < 4.78 is 4.81. The van der Waals surface area contributed by atoms with E-state index in [4.69, 9.17) is 14.9 Å². The molecule has 0 heterocycles. The molecule has 72 valence electrons. The molecular weight excluding hydrogens is 176 g/mol. The molecule has 0 saturated carbocycles. The van der Waals surface area contributed by atoms with Gasteiger partial charge in [0, 0.05) is 6.07 Å². The summed E-state index contributed by atoms with van der Waals surface area (Å²) in [4.78, 5) is 0. The molecular formula is C8H10O5. The third-order valence-corrected chi connectivity index (χ3v) is 1.48. The normalized spacial score (nSPS) is 9.92. The van der Waals surface area contributed by atoms with Crippen molar-refractivity contribution in [3.8, 4) is 28.7 Å². The van der Waals surface area contributed by atoms with Crippen LogP contribution in [0, 0.1) is 0 Å². The van der Waals surface area contributed by atoms with Gasteiger partial charge in [-0.25, -0.2) is 0 Å². The second-order valence-electron chi connectivity index (χ2n) is 2.37. The summed E-state index contributed by atoms with van der Waals surface area (Å²) in [6.07, 6.45) is 0. The van der Waals surface area contributed by atoms with Crippen molar-refractivity contribution in [2.45, 2.75) is 6.92 Å². The van der Waals surface area contributed by atoms with Crippen LogP contribution < -0.4 is 4.74 Å². The Balaban J connectivity index is 3.28. The van der Waals surface area contributed by atoms with Crippen LogP contribution in [0.5, 0.6) is 28.7 Å². The van der Waals surface area contributed by atoms with Crippen LogP contribution in [0.15, 0.2) is 6.07 Å². The molecule has 4 N–H and O–H groups in total. The highest BCUT2D eigenvalue weighted by atomic mass is 16.5. The highest BCUT2D eigenvalue weighted by Crippen LogP contribution is 2.47. The van der Waals surface area contributed by atoms with Crippen molar-refractivity contribution in [2.24, 2.45) is 0 Å². The predicted octanol–water partition coefficient (Wildman–Crippen LogP) is 0.908. The summed E-state index contributed by atoms with van der Waals surface area (Å²) in [7, 11) is 0. The van der Waals surface area contributed by atoms with E-state index in [0.717, 1.165) is 6.07 Å². The Hall–Kier alpha value is -1.78. The second kappa shape index (κ2) is 3.30. The van der Waals surface area contributed by atoms with E-state index >= 15 is 0 Å². The van der Waals surface area contributed by atoms with Crippen LogP contribution in [0.4, 0.5) is 0 Å². The minimum absolute atomic E-state index is 0.198. The summed E-state index contributed by atoms with van der Waals surface area (Å²) in [5.41, 5.74) is 0. The second-order valence-corrected chi connectivity index (χ2v) is 2.37. The van der Waals surface area contributed by atoms with Gasteiger partial charge in [0.25, 0.3) is 0 Å². The lowest BCUT2D eigenvalue weighted by Crippen LogP contribution is -1.92. The van der Waals surface area contributed by atoms with E-state index in [0.29, 0.717) is 0 Å². The first-order valence-electron chi connectivity index (χ1n) is 3.67. The van der Waals surface area contributed by atoms with Crippen molar-refractivity contribution in [3.05, 3.63) is 6.07 Å². The molecule has 0 atom stereocenters. The van der Waals surface area contributed by atoms with Gasteiger partial charge in [0.05, 0.1) is 6.61 Å². The van der Waals surface area contributed by atoms with Gasteiger partial charge >= 0.3 is 0 Å². The van der Waals surface area contributed by atoms with Gasteiger partial charge in [-0.15, -0.1) is 0 Å². The molecule has 0 radical (unpaired) electrons. The van der Waals surface area contributed by atoms with E-state index in [9.17, 15) is 10.2 Å². The number of phenols is 4. The molecule has 1 rings (SSSR count). The quantitative estimate of drug-likeness (QED) is 0.407. The number of aromatic hydroxyl groups is 4. The molecule has 0 unspecified atom stereocenters. The molecule has 0 amide bonds. The standard InChI is InChI=1S/C8H10O5/c1-2-13-8-6(11)4(9)3-5(10)7(8)12/h3,9-12H,2H2,1H3. The molecule has 5 nitrogen and oxygen atoms in total. The van der Waals surface area contributed by atoms with Gasteiger partial charge in [0.2, 0.25) is 17.2 Å².